The highest BCUT2D eigenvalue weighted by Gasteiger charge is 2.18. The molecule has 1 unspecified atom stereocenters. The van der Waals surface area contributed by atoms with Crippen LogP contribution >= 0.6 is 12.4 Å². The maximum atomic E-state index is 11.2. The van der Waals surface area contributed by atoms with E-state index in [9.17, 15) is 4.79 Å². The topological polar surface area (TPSA) is 38.3 Å². The predicted molar refractivity (Wildman–Crippen MR) is 56.2 cm³/mol. The molecule has 13 heavy (non-hydrogen) atoms. The van der Waals surface area contributed by atoms with Crippen LogP contribution in [0.2, 0.25) is 0 Å². The maximum absolute atomic E-state index is 11.2. The molecule has 0 aliphatic carbocycles. The van der Waals surface area contributed by atoms with Gasteiger partial charge in [-0.1, -0.05) is 13.8 Å². The molecular formula is C9H20ClNO2. The zero-order valence-electron chi connectivity index (χ0n) is 8.79. The first-order valence-corrected chi connectivity index (χ1v) is 4.45. The minimum atomic E-state index is -0.148. The second-order valence-corrected chi connectivity index (χ2v) is 3.22. The Hall–Kier alpha value is -0.280. The van der Waals surface area contributed by atoms with Crippen molar-refractivity contribution >= 4 is 18.4 Å². The van der Waals surface area contributed by atoms with Crippen LogP contribution < -0.4 is 5.32 Å². The van der Waals surface area contributed by atoms with Crippen molar-refractivity contribution in [1.29, 1.82) is 0 Å². The van der Waals surface area contributed by atoms with Crippen LogP contribution in [0, 0.1) is 5.92 Å². The second-order valence-electron chi connectivity index (χ2n) is 3.22. The summed E-state index contributed by atoms with van der Waals surface area (Å²) in [6, 6.07) is -0.148. The summed E-state index contributed by atoms with van der Waals surface area (Å²) in [6.45, 7) is 6.45. The maximum Gasteiger partial charge on any atom is 0.323 e. The number of esters is 1. The molecule has 3 nitrogen and oxygen atoms in total. The fourth-order valence-corrected chi connectivity index (χ4v) is 1.05. The van der Waals surface area contributed by atoms with Gasteiger partial charge in [-0.05, 0) is 26.3 Å². The van der Waals surface area contributed by atoms with Crippen molar-refractivity contribution in [3.8, 4) is 0 Å². The molecule has 0 amide bonds. The van der Waals surface area contributed by atoms with E-state index in [0.29, 0.717) is 12.5 Å². The van der Waals surface area contributed by atoms with Crippen LogP contribution in [-0.2, 0) is 9.53 Å². The van der Waals surface area contributed by atoms with Crippen LogP contribution in [-0.4, -0.2) is 25.7 Å². The first kappa shape index (κ1) is 15.2. The number of rotatable bonds is 5. The summed E-state index contributed by atoms with van der Waals surface area (Å²) >= 11 is 0. The lowest BCUT2D eigenvalue weighted by Gasteiger charge is -2.16. The van der Waals surface area contributed by atoms with Gasteiger partial charge >= 0.3 is 5.97 Å². The molecule has 0 aromatic rings. The second kappa shape index (κ2) is 8.32. The van der Waals surface area contributed by atoms with Crippen LogP contribution in [0.5, 0.6) is 0 Å². The zero-order valence-corrected chi connectivity index (χ0v) is 9.61. The number of ether oxygens (including phenoxy) is 1. The lowest BCUT2D eigenvalue weighted by Crippen LogP contribution is -2.36. The summed E-state index contributed by atoms with van der Waals surface area (Å²) in [4.78, 5) is 11.2. The Kier molecular flexibility index (Phi) is 9.74. The van der Waals surface area contributed by atoms with E-state index in [-0.39, 0.29) is 24.4 Å². The van der Waals surface area contributed by atoms with Gasteiger partial charge in [0.1, 0.15) is 6.04 Å². The molecule has 0 aliphatic rings. The minimum absolute atomic E-state index is 0. The van der Waals surface area contributed by atoms with Crippen molar-refractivity contribution in [1.82, 2.24) is 5.32 Å². The van der Waals surface area contributed by atoms with Crippen LogP contribution in [0.3, 0.4) is 0 Å². The van der Waals surface area contributed by atoms with E-state index in [4.69, 9.17) is 4.74 Å². The number of hydrogen-bond acceptors (Lipinski definition) is 3. The molecule has 0 spiro atoms. The zero-order chi connectivity index (χ0) is 9.56. The van der Waals surface area contributed by atoms with E-state index < -0.39 is 0 Å². The van der Waals surface area contributed by atoms with Gasteiger partial charge in [-0.3, -0.25) is 4.79 Å². The lowest BCUT2D eigenvalue weighted by atomic mass is 10.0. The molecule has 80 valence electrons. The Morgan fingerprint density at radius 1 is 1.46 bits per heavy atom. The predicted octanol–water partition coefficient (Wildman–Crippen LogP) is 1.61. The molecule has 0 bridgehead atoms. The molecule has 0 saturated heterocycles. The van der Waals surface area contributed by atoms with Gasteiger partial charge in [0.15, 0.2) is 0 Å². The van der Waals surface area contributed by atoms with E-state index in [1.807, 2.05) is 6.92 Å². The first-order chi connectivity index (χ1) is 5.61. The minimum Gasteiger partial charge on any atom is -0.465 e. The normalized spacial score (nSPS) is 12.1. The third-order valence-electron chi connectivity index (χ3n) is 1.63. The third kappa shape index (κ3) is 6.84. The molecule has 0 aliphatic heterocycles. The molecule has 1 N–H and O–H groups in total. The van der Waals surface area contributed by atoms with E-state index in [0.717, 1.165) is 6.42 Å². The molecule has 0 saturated carbocycles. The lowest BCUT2D eigenvalue weighted by molar-refractivity contribution is -0.145. The number of carbonyl (C=O) groups excluding carboxylic acids is 1. The number of carbonyl (C=O) groups is 1. The standard InChI is InChI=1S/C9H19NO2.ClH/c1-5-12-9(11)8(10-4)6-7(2)3;/h7-8,10H,5-6H2,1-4H3;1H. The first-order valence-electron chi connectivity index (χ1n) is 4.45. The molecule has 0 rings (SSSR count). The number of halogens is 1. The van der Waals surface area contributed by atoms with E-state index in [1.54, 1.807) is 7.05 Å². The van der Waals surface area contributed by atoms with Crippen molar-refractivity contribution < 1.29 is 9.53 Å². The molecule has 0 fully saturated rings. The smallest absolute Gasteiger partial charge is 0.323 e. The Balaban J connectivity index is 0. The summed E-state index contributed by atoms with van der Waals surface area (Å²) in [7, 11) is 1.78. The van der Waals surface area contributed by atoms with Crippen molar-refractivity contribution in [2.75, 3.05) is 13.7 Å². The van der Waals surface area contributed by atoms with Crippen molar-refractivity contribution in [2.45, 2.75) is 33.2 Å². The SMILES string of the molecule is CCOC(=O)C(CC(C)C)NC.Cl. The Morgan fingerprint density at radius 2 is 2.00 bits per heavy atom. The van der Waals surface area contributed by atoms with Gasteiger partial charge in [-0.15, -0.1) is 12.4 Å². The Bertz CT molecular complexity index is 140. The Labute approximate surface area is 86.6 Å². The average Bonchev–Trinajstić information content (AvgIpc) is 2.00. The monoisotopic (exact) mass is 209 g/mol. The molecule has 0 aromatic carbocycles. The van der Waals surface area contributed by atoms with Crippen LogP contribution in [0.1, 0.15) is 27.2 Å². The highest BCUT2D eigenvalue weighted by atomic mass is 35.5. The summed E-state index contributed by atoms with van der Waals surface area (Å²) in [5.41, 5.74) is 0. The largest absolute Gasteiger partial charge is 0.465 e. The van der Waals surface area contributed by atoms with E-state index in [1.165, 1.54) is 0 Å². The number of hydrogen-bond donors (Lipinski definition) is 1. The van der Waals surface area contributed by atoms with E-state index in [2.05, 4.69) is 19.2 Å². The average molecular weight is 210 g/mol. The highest BCUT2D eigenvalue weighted by Crippen LogP contribution is 2.05. The van der Waals surface area contributed by atoms with Crippen LogP contribution in [0.25, 0.3) is 0 Å². The summed E-state index contributed by atoms with van der Waals surface area (Å²) in [5, 5.41) is 2.94. The van der Waals surface area contributed by atoms with Gasteiger partial charge in [-0.25, -0.2) is 0 Å². The Morgan fingerprint density at radius 3 is 2.31 bits per heavy atom. The van der Waals surface area contributed by atoms with Gasteiger partial charge < -0.3 is 10.1 Å². The van der Waals surface area contributed by atoms with E-state index >= 15 is 0 Å². The number of likely N-dealkylation sites (N-methyl/N-ethyl adjacent to an activating group) is 1. The van der Waals surface area contributed by atoms with Crippen molar-refractivity contribution in [3.05, 3.63) is 0 Å². The fraction of sp³-hybridized carbons (Fsp3) is 0.889. The summed E-state index contributed by atoms with van der Waals surface area (Å²) in [6.07, 6.45) is 0.829. The molecule has 0 heterocycles. The van der Waals surface area contributed by atoms with Gasteiger partial charge in [0, 0.05) is 0 Å². The fourth-order valence-electron chi connectivity index (χ4n) is 1.05. The highest BCUT2D eigenvalue weighted by molar-refractivity contribution is 5.85. The number of nitrogens with one attached hydrogen (secondary N) is 1. The van der Waals surface area contributed by atoms with Crippen molar-refractivity contribution in [3.63, 3.8) is 0 Å². The molecule has 1 atom stereocenters. The quantitative estimate of drug-likeness (QED) is 0.700. The molecule has 0 aromatic heterocycles. The third-order valence-corrected chi connectivity index (χ3v) is 1.63. The molecule has 0 radical (unpaired) electrons. The van der Waals surface area contributed by atoms with Crippen LogP contribution in [0.4, 0.5) is 0 Å². The van der Waals surface area contributed by atoms with Crippen LogP contribution in [0.15, 0.2) is 0 Å². The van der Waals surface area contributed by atoms with Crippen molar-refractivity contribution in [2.24, 2.45) is 5.92 Å². The summed E-state index contributed by atoms with van der Waals surface area (Å²) in [5.74, 6) is 0.362. The molecule has 4 heteroatoms. The van der Waals surface area contributed by atoms with Gasteiger partial charge in [0.2, 0.25) is 0 Å². The van der Waals surface area contributed by atoms with Gasteiger partial charge in [0.25, 0.3) is 0 Å². The molecular weight excluding hydrogens is 190 g/mol. The van der Waals surface area contributed by atoms with Gasteiger partial charge in [-0.2, -0.15) is 0 Å². The van der Waals surface area contributed by atoms with Gasteiger partial charge in [0.05, 0.1) is 6.61 Å². The summed E-state index contributed by atoms with van der Waals surface area (Å²) < 4.78 is 4.89.